The Morgan fingerprint density at radius 2 is 2.19 bits per heavy atom. The molecule has 0 bridgehead atoms. The third kappa shape index (κ3) is 4.94. The van der Waals surface area contributed by atoms with Gasteiger partial charge in [-0.15, -0.1) is 16.4 Å². The molecule has 2 N–H and O–H groups in total. The van der Waals surface area contributed by atoms with E-state index in [-0.39, 0.29) is 18.2 Å². The molecule has 1 atom stereocenters. The van der Waals surface area contributed by atoms with Crippen molar-refractivity contribution in [1.82, 2.24) is 5.32 Å². The van der Waals surface area contributed by atoms with Gasteiger partial charge in [0, 0.05) is 17.1 Å². The molecule has 1 saturated heterocycles. The molecular weight excluding hydrogens is 392 g/mol. The molecule has 6 nitrogen and oxygen atoms in total. The van der Waals surface area contributed by atoms with E-state index < -0.39 is 5.25 Å². The van der Waals surface area contributed by atoms with Crippen LogP contribution >= 0.6 is 34.7 Å². The van der Waals surface area contributed by atoms with Crippen LogP contribution in [0.5, 0.6) is 0 Å². The van der Waals surface area contributed by atoms with Crippen molar-refractivity contribution in [3.63, 3.8) is 0 Å². The highest BCUT2D eigenvalue weighted by Crippen LogP contribution is 2.23. The van der Waals surface area contributed by atoms with Gasteiger partial charge in [0.2, 0.25) is 11.8 Å². The Bertz CT molecular complexity index is 881. The monoisotopic (exact) mass is 406 g/mol. The molecule has 1 aromatic carbocycles. The molecule has 1 aromatic heterocycles. The lowest BCUT2D eigenvalue weighted by Gasteiger charge is -2.21. The SMILES string of the molecule is C/C(=N\N=C1\NC(=O)C[C@H](C(=O)Nc2cccc(Cl)c2)S1)c1cccs1. The molecule has 9 heteroatoms. The van der Waals surface area contributed by atoms with Crippen LogP contribution in [-0.4, -0.2) is 27.9 Å². The van der Waals surface area contributed by atoms with E-state index in [1.54, 1.807) is 35.6 Å². The molecule has 0 saturated carbocycles. The van der Waals surface area contributed by atoms with E-state index in [2.05, 4.69) is 20.8 Å². The number of thioether (sulfide) groups is 1. The number of nitrogens with one attached hydrogen (secondary N) is 2. The number of hydrogen-bond acceptors (Lipinski definition) is 6. The third-order valence-corrected chi connectivity index (χ3v) is 5.71. The lowest BCUT2D eigenvalue weighted by molar-refractivity contribution is -0.123. The Balaban J connectivity index is 1.69. The fraction of sp³-hybridized carbons (Fsp3) is 0.176. The highest BCUT2D eigenvalue weighted by Gasteiger charge is 2.30. The summed E-state index contributed by atoms with van der Waals surface area (Å²) < 4.78 is 0. The summed E-state index contributed by atoms with van der Waals surface area (Å²) in [6.45, 7) is 1.84. The van der Waals surface area contributed by atoms with Gasteiger partial charge in [-0.05, 0) is 36.6 Å². The molecule has 2 aromatic rings. The molecule has 2 amide bonds. The minimum atomic E-state index is -0.585. The summed E-state index contributed by atoms with van der Waals surface area (Å²) in [6, 6.07) is 10.7. The summed E-state index contributed by atoms with van der Waals surface area (Å²) in [5, 5.41) is 15.8. The number of amides is 2. The Kier molecular flexibility index (Phi) is 6.08. The summed E-state index contributed by atoms with van der Waals surface area (Å²) >= 11 is 8.65. The van der Waals surface area contributed by atoms with Gasteiger partial charge in [0.1, 0.15) is 5.25 Å². The fourth-order valence-electron chi connectivity index (χ4n) is 2.18. The van der Waals surface area contributed by atoms with Gasteiger partial charge in [-0.25, -0.2) is 0 Å². The molecule has 2 heterocycles. The molecule has 3 rings (SSSR count). The lowest BCUT2D eigenvalue weighted by Crippen LogP contribution is -2.41. The number of rotatable bonds is 4. The highest BCUT2D eigenvalue weighted by molar-refractivity contribution is 8.15. The molecule has 134 valence electrons. The first-order valence-electron chi connectivity index (χ1n) is 7.70. The van der Waals surface area contributed by atoms with Gasteiger partial charge in [-0.2, -0.15) is 5.10 Å². The molecule has 0 spiro atoms. The number of hydrogen-bond donors (Lipinski definition) is 2. The molecule has 0 aliphatic carbocycles. The zero-order chi connectivity index (χ0) is 18.5. The Morgan fingerprint density at radius 1 is 1.35 bits per heavy atom. The van der Waals surface area contributed by atoms with Crippen LogP contribution in [0.3, 0.4) is 0 Å². The number of amidine groups is 1. The van der Waals surface area contributed by atoms with Gasteiger partial charge in [0.05, 0.1) is 10.6 Å². The minimum Gasteiger partial charge on any atom is -0.325 e. The topological polar surface area (TPSA) is 82.9 Å². The van der Waals surface area contributed by atoms with Crippen molar-refractivity contribution < 1.29 is 9.59 Å². The smallest absolute Gasteiger partial charge is 0.238 e. The summed E-state index contributed by atoms with van der Waals surface area (Å²) in [5.74, 6) is -0.545. The number of nitrogens with zero attached hydrogens (tertiary/aromatic N) is 2. The van der Waals surface area contributed by atoms with E-state index in [0.29, 0.717) is 15.9 Å². The number of carbonyl (C=O) groups excluding carboxylic acids is 2. The van der Waals surface area contributed by atoms with E-state index in [9.17, 15) is 9.59 Å². The van der Waals surface area contributed by atoms with E-state index in [0.717, 1.165) is 10.6 Å². The first kappa shape index (κ1) is 18.6. The van der Waals surface area contributed by atoms with Crippen molar-refractivity contribution in [2.24, 2.45) is 10.2 Å². The number of benzene rings is 1. The second kappa shape index (κ2) is 8.48. The molecule has 1 aliphatic rings. The maximum absolute atomic E-state index is 12.5. The van der Waals surface area contributed by atoms with Crippen molar-refractivity contribution in [2.75, 3.05) is 5.32 Å². The van der Waals surface area contributed by atoms with Gasteiger partial charge in [-0.1, -0.05) is 35.5 Å². The zero-order valence-electron chi connectivity index (χ0n) is 13.7. The highest BCUT2D eigenvalue weighted by atomic mass is 35.5. The minimum absolute atomic E-state index is 0.0731. The van der Waals surface area contributed by atoms with Gasteiger partial charge < -0.3 is 10.6 Å². The van der Waals surface area contributed by atoms with E-state index in [4.69, 9.17) is 11.6 Å². The van der Waals surface area contributed by atoms with E-state index in [1.807, 2.05) is 24.4 Å². The second-order valence-corrected chi connectivity index (χ2v) is 8.00. The van der Waals surface area contributed by atoms with Crippen molar-refractivity contribution in [1.29, 1.82) is 0 Å². The maximum atomic E-state index is 12.5. The quantitative estimate of drug-likeness (QED) is 0.599. The first-order valence-corrected chi connectivity index (χ1v) is 9.84. The molecule has 0 unspecified atom stereocenters. The fourth-order valence-corrected chi connectivity index (χ4v) is 3.98. The van der Waals surface area contributed by atoms with Crippen LogP contribution in [0.4, 0.5) is 5.69 Å². The molecule has 26 heavy (non-hydrogen) atoms. The number of halogens is 1. The normalized spacial score (nSPS) is 19.3. The molecule has 1 fully saturated rings. The second-order valence-electron chi connectivity index (χ2n) is 5.43. The number of anilines is 1. The Labute approximate surface area is 163 Å². The predicted molar refractivity (Wildman–Crippen MR) is 108 cm³/mol. The molecule has 0 radical (unpaired) electrons. The number of carbonyl (C=O) groups is 2. The summed E-state index contributed by atoms with van der Waals surface area (Å²) in [7, 11) is 0. The lowest BCUT2D eigenvalue weighted by atomic mass is 10.2. The van der Waals surface area contributed by atoms with Crippen LogP contribution in [0.15, 0.2) is 52.0 Å². The Hall–Kier alpha value is -2.16. The summed E-state index contributed by atoms with van der Waals surface area (Å²) in [5.41, 5.74) is 1.33. The Morgan fingerprint density at radius 3 is 2.92 bits per heavy atom. The van der Waals surface area contributed by atoms with E-state index in [1.165, 1.54) is 11.8 Å². The summed E-state index contributed by atoms with van der Waals surface area (Å²) in [6.07, 6.45) is 0.0731. The van der Waals surface area contributed by atoms with Crippen LogP contribution in [0.25, 0.3) is 0 Å². The summed E-state index contributed by atoms with van der Waals surface area (Å²) in [4.78, 5) is 25.4. The van der Waals surface area contributed by atoms with Crippen LogP contribution < -0.4 is 10.6 Å². The van der Waals surface area contributed by atoms with E-state index >= 15 is 0 Å². The van der Waals surface area contributed by atoms with Crippen LogP contribution in [-0.2, 0) is 9.59 Å². The van der Waals surface area contributed by atoms with Crippen LogP contribution in [0, 0.1) is 0 Å². The number of thiophene rings is 1. The maximum Gasteiger partial charge on any atom is 0.238 e. The van der Waals surface area contributed by atoms with Gasteiger partial charge >= 0.3 is 0 Å². The van der Waals surface area contributed by atoms with Crippen LogP contribution in [0.2, 0.25) is 5.02 Å². The van der Waals surface area contributed by atoms with Gasteiger partial charge in [0.15, 0.2) is 5.17 Å². The average molecular weight is 407 g/mol. The van der Waals surface area contributed by atoms with Crippen molar-refractivity contribution in [3.05, 3.63) is 51.7 Å². The molecule has 1 aliphatic heterocycles. The van der Waals surface area contributed by atoms with Gasteiger partial charge in [-0.3, -0.25) is 9.59 Å². The van der Waals surface area contributed by atoms with Gasteiger partial charge in [0.25, 0.3) is 0 Å². The van der Waals surface area contributed by atoms with Crippen LogP contribution in [0.1, 0.15) is 18.2 Å². The first-order chi connectivity index (χ1) is 12.5. The van der Waals surface area contributed by atoms with Crippen molar-refractivity contribution in [2.45, 2.75) is 18.6 Å². The standard InChI is InChI=1S/C17H15ClN4O2S2/c1-10(13-6-3-7-25-13)21-22-17-20-15(23)9-14(26-17)16(24)19-12-5-2-4-11(18)8-12/h2-8,14H,9H2,1H3,(H,19,24)(H,20,22,23)/b21-10+/t14-/m1/s1. The zero-order valence-corrected chi connectivity index (χ0v) is 16.1. The average Bonchev–Trinajstić information content (AvgIpc) is 3.14. The third-order valence-electron chi connectivity index (χ3n) is 3.42. The molecular formula is C17H15ClN4O2S2. The largest absolute Gasteiger partial charge is 0.325 e. The van der Waals surface area contributed by atoms with Crippen molar-refractivity contribution in [3.8, 4) is 0 Å². The van der Waals surface area contributed by atoms with Crippen molar-refractivity contribution >= 4 is 63.1 Å². The predicted octanol–water partition coefficient (Wildman–Crippen LogP) is 3.74.